The molecule has 10 heteroatoms. The largest absolute Gasteiger partial charge is 0.473 e. The molecule has 0 bridgehead atoms. The maximum absolute atomic E-state index is 13.0. The Hall–Kier alpha value is -3.34. The lowest BCUT2D eigenvalue weighted by Crippen LogP contribution is -2.48. The first-order valence-electron chi connectivity index (χ1n) is 10.1. The Labute approximate surface area is 190 Å². The van der Waals surface area contributed by atoms with E-state index in [1.807, 2.05) is 30.3 Å². The Morgan fingerprint density at radius 1 is 0.818 bits per heavy atom. The summed E-state index contributed by atoms with van der Waals surface area (Å²) in [7, 11) is -3.50. The van der Waals surface area contributed by atoms with Crippen LogP contribution in [0.5, 0.6) is 0 Å². The highest BCUT2D eigenvalue weighted by Crippen LogP contribution is 2.23. The maximum atomic E-state index is 13.0. The van der Waals surface area contributed by atoms with Crippen molar-refractivity contribution in [3.63, 3.8) is 0 Å². The predicted molar refractivity (Wildman–Crippen MR) is 120 cm³/mol. The molecule has 0 saturated carbocycles. The molecule has 33 heavy (non-hydrogen) atoms. The minimum absolute atomic E-state index is 0.245. The first kappa shape index (κ1) is 24.3. The summed E-state index contributed by atoms with van der Waals surface area (Å²) in [6.07, 6.45) is 0. The minimum Gasteiger partial charge on any atom is -0.473 e. The van der Waals surface area contributed by atoms with E-state index in [-0.39, 0.29) is 5.82 Å². The summed E-state index contributed by atoms with van der Waals surface area (Å²) >= 11 is 0. The van der Waals surface area contributed by atoms with Gasteiger partial charge in [0.1, 0.15) is 5.82 Å². The Kier molecular flexibility index (Phi) is 7.75. The number of piperazine rings is 1. The molecule has 1 heterocycles. The highest BCUT2D eigenvalue weighted by atomic mass is 32.2. The lowest BCUT2D eigenvalue weighted by Gasteiger charge is -2.34. The van der Waals surface area contributed by atoms with Crippen LogP contribution >= 0.6 is 0 Å². The van der Waals surface area contributed by atoms with Crippen LogP contribution in [0.25, 0.3) is 10.8 Å². The molecule has 0 radical (unpaired) electrons. The van der Waals surface area contributed by atoms with Crippen LogP contribution in [0.4, 0.5) is 4.39 Å². The van der Waals surface area contributed by atoms with Crippen LogP contribution in [0.1, 0.15) is 5.56 Å². The van der Waals surface area contributed by atoms with E-state index in [0.29, 0.717) is 37.6 Å². The van der Waals surface area contributed by atoms with E-state index in [9.17, 15) is 12.8 Å². The van der Waals surface area contributed by atoms with Crippen LogP contribution in [-0.2, 0) is 26.2 Å². The van der Waals surface area contributed by atoms with Gasteiger partial charge in [0.25, 0.3) is 0 Å². The van der Waals surface area contributed by atoms with E-state index in [1.165, 1.54) is 12.1 Å². The number of hydrogen-bond acceptors (Lipinski definition) is 5. The second-order valence-corrected chi connectivity index (χ2v) is 9.36. The molecule has 0 unspecified atom stereocenters. The number of fused-ring (bicyclic) bond motifs is 1. The van der Waals surface area contributed by atoms with Gasteiger partial charge < -0.3 is 10.2 Å². The third-order valence-corrected chi connectivity index (χ3v) is 7.09. The Bertz CT molecular complexity index is 1230. The molecule has 3 aromatic carbocycles. The number of halogens is 1. The molecule has 4 rings (SSSR count). The third kappa shape index (κ3) is 6.35. The van der Waals surface area contributed by atoms with Gasteiger partial charge in [-0.15, -0.1) is 0 Å². The van der Waals surface area contributed by atoms with Gasteiger partial charge in [-0.05, 0) is 40.6 Å². The first-order chi connectivity index (χ1) is 15.7. The van der Waals surface area contributed by atoms with E-state index in [1.54, 1.807) is 28.6 Å². The molecule has 1 aliphatic rings. The number of benzene rings is 3. The van der Waals surface area contributed by atoms with Crippen LogP contribution < -0.4 is 0 Å². The zero-order chi connectivity index (χ0) is 24.0. The lowest BCUT2D eigenvalue weighted by atomic mass is 10.1. The van der Waals surface area contributed by atoms with Crippen molar-refractivity contribution >= 4 is 32.7 Å². The van der Waals surface area contributed by atoms with Gasteiger partial charge in [-0.2, -0.15) is 4.31 Å². The van der Waals surface area contributed by atoms with Crippen molar-refractivity contribution in [1.29, 1.82) is 0 Å². The van der Waals surface area contributed by atoms with Crippen LogP contribution in [-0.4, -0.2) is 66.0 Å². The molecule has 1 aliphatic heterocycles. The fourth-order valence-electron chi connectivity index (χ4n) is 3.45. The Balaban J connectivity index is 0.000000454. The molecule has 0 atom stereocenters. The second-order valence-electron chi connectivity index (χ2n) is 7.43. The smallest absolute Gasteiger partial charge is 0.414 e. The number of carboxylic acids is 2. The van der Waals surface area contributed by atoms with E-state index in [4.69, 9.17) is 19.8 Å². The number of aliphatic carboxylic acids is 2. The SMILES string of the molecule is O=C(O)C(=O)O.O=S(=O)(c1ccc2ccccc2c1)N1CCN(Cc2ccc(F)cc2)CC1. The highest BCUT2D eigenvalue weighted by Gasteiger charge is 2.28. The number of sulfonamides is 1. The molecule has 0 aromatic heterocycles. The molecule has 1 fully saturated rings. The summed E-state index contributed by atoms with van der Waals surface area (Å²) < 4.78 is 40.6. The summed E-state index contributed by atoms with van der Waals surface area (Å²) in [5, 5.41) is 16.7. The van der Waals surface area contributed by atoms with Crippen molar-refractivity contribution in [3.05, 3.63) is 78.1 Å². The van der Waals surface area contributed by atoms with E-state index in [0.717, 1.165) is 16.3 Å². The number of carboxylic acid groups (broad SMARTS) is 2. The average Bonchev–Trinajstić information content (AvgIpc) is 2.81. The Morgan fingerprint density at radius 2 is 1.39 bits per heavy atom. The van der Waals surface area contributed by atoms with Gasteiger partial charge in [0.2, 0.25) is 10.0 Å². The van der Waals surface area contributed by atoms with E-state index >= 15 is 0 Å². The minimum atomic E-state index is -3.50. The summed E-state index contributed by atoms with van der Waals surface area (Å²) in [5.41, 5.74) is 1.03. The van der Waals surface area contributed by atoms with Crippen molar-refractivity contribution in [2.24, 2.45) is 0 Å². The van der Waals surface area contributed by atoms with Gasteiger partial charge in [-0.3, -0.25) is 4.90 Å². The van der Waals surface area contributed by atoms with Crippen LogP contribution in [0.15, 0.2) is 71.6 Å². The topological polar surface area (TPSA) is 115 Å². The Morgan fingerprint density at radius 3 is 1.97 bits per heavy atom. The monoisotopic (exact) mass is 474 g/mol. The standard InChI is InChI=1S/C21H21FN2O2S.C2H2O4/c22-20-8-5-17(6-9-20)16-23-11-13-24(14-12-23)27(25,26)21-10-7-18-3-1-2-4-19(18)15-21;3-1(4)2(5)6/h1-10,15H,11-14,16H2;(H,3,4)(H,5,6). The molecular weight excluding hydrogens is 451 g/mol. The van der Waals surface area contributed by atoms with Crippen LogP contribution in [0, 0.1) is 5.82 Å². The predicted octanol–water partition coefficient (Wildman–Crippen LogP) is 2.64. The van der Waals surface area contributed by atoms with Crippen molar-refractivity contribution in [1.82, 2.24) is 9.21 Å². The zero-order valence-corrected chi connectivity index (χ0v) is 18.4. The molecule has 0 spiro atoms. The molecule has 0 amide bonds. The molecule has 3 aromatic rings. The van der Waals surface area contributed by atoms with E-state index < -0.39 is 22.0 Å². The summed E-state index contributed by atoms with van der Waals surface area (Å²) in [6, 6.07) is 19.5. The fourth-order valence-corrected chi connectivity index (χ4v) is 4.91. The molecule has 1 saturated heterocycles. The summed E-state index contributed by atoms with van der Waals surface area (Å²) in [5.74, 6) is -3.89. The zero-order valence-electron chi connectivity index (χ0n) is 17.6. The summed E-state index contributed by atoms with van der Waals surface area (Å²) in [6.45, 7) is 2.92. The quantitative estimate of drug-likeness (QED) is 0.559. The summed E-state index contributed by atoms with van der Waals surface area (Å²) in [4.78, 5) is 20.7. The van der Waals surface area contributed by atoms with Crippen molar-refractivity contribution in [2.45, 2.75) is 11.4 Å². The van der Waals surface area contributed by atoms with Crippen LogP contribution in [0.3, 0.4) is 0 Å². The first-order valence-corrected chi connectivity index (χ1v) is 11.5. The van der Waals surface area contributed by atoms with Crippen LogP contribution in [0.2, 0.25) is 0 Å². The molecular formula is C23H23FN2O6S. The number of nitrogens with zero attached hydrogens (tertiary/aromatic N) is 2. The van der Waals surface area contributed by atoms with Gasteiger partial charge >= 0.3 is 11.9 Å². The number of hydrogen-bond donors (Lipinski definition) is 2. The van der Waals surface area contributed by atoms with Gasteiger partial charge in [0.05, 0.1) is 4.90 Å². The normalized spacial score (nSPS) is 14.9. The third-order valence-electron chi connectivity index (χ3n) is 5.19. The average molecular weight is 475 g/mol. The van der Waals surface area contributed by atoms with Gasteiger partial charge in [-0.1, -0.05) is 42.5 Å². The van der Waals surface area contributed by atoms with Crippen molar-refractivity contribution < 1.29 is 32.6 Å². The number of carbonyl (C=O) groups is 2. The van der Waals surface area contributed by atoms with Gasteiger partial charge in [-0.25, -0.2) is 22.4 Å². The number of rotatable bonds is 4. The maximum Gasteiger partial charge on any atom is 0.414 e. The molecule has 8 nitrogen and oxygen atoms in total. The van der Waals surface area contributed by atoms with Crippen molar-refractivity contribution in [3.8, 4) is 0 Å². The fraction of sp³-hybridized carbons (Fsp3) is 0.217. The van der Waals surface area contributed by atoms with Gasteiger partial charge in [0.15, 0.2) is 0 Å². The van der Waals surface area contributed by atoms with Gasteiger partial charge in [0, 0.05) is 32.7 Å². The lowest BCUT2D eigenvalue weighted by molar-refractivity contribution is -0.159. The molecule has 2 N–H and O–H groups in total. The molecule has 0 aliphatic carbocycles. The van der Waals surface area contributed by atoms with E-state index in [2.05, 4.69) is 4.90 Å². The van der Waals surface area contributed by atoms with Crippen molar-refractivity contribution in [2.75, 3.05) is 26.2 Å². The second kappa shape index (κ2) is 10.5. The molecule has 174 valence electrons. The highest BCUT2D eigenvalue weighted by molar-refractivity contribution is 7.89.